The van der Waals surface area contributed by atoms with Gasteiger partial charge < -0.3 is 4.90 Å². The van der Waals surface area contributed by atoms with Crippen LogP contribution in [0.4, 0.5) is 5.69 Å². The van der Waals surface area contributed by atoms with Crippen molar-refractivity contribution in [3.05, 3.63) is 39.4 Å². The van der Waals surface area contributed by atoms with Crippen LogP contribution in [0.25, 0.3) is 0 Å². The van der Waals surface area contributed by atoms with E-state index in [1.165, 1.54) is 6.42 Å². The van der Waals surface area contributed by atoms with E-state index in [1.54, 1.807) is 37.1 Å². The Morgan fingerprint density at radius 1 is 1.30 bits per heavy atom. The van der Waals surface area contributed by atoms with Crippen molar-refractivity contribution in [2.75, 3.05) is 7.05 Å². The van der Waals surface area contributed by atoms with E-state index in [0.29, 0.717) is 5.56 Å². The van der Waals surface area contributed by atoms with Crippen LogP contribution in [0.1, 0.15) is 48.0 Å². The molecule has 5 heteroatoms. The average molecular weight is 276 g/mol. The normalized spacial score (nSPS) is 15.9. The minimum Gasteiger partial charge on any atom is -0.339 e. The van der Waals surface area contributed by atoms with Crippen LogP contribution in [-0.2, 0) is 0 Å². The molecule has 20 heavy (non-hydrogen) atoms. The van der Waals surface area contributed by atoms with Crippen LogP contribution in [-0.4, -0.2) is 28.8 Å². The molecule has 0 saturated heterocycles. The highest BCUT2D eigenvalue weighted by Gasteiger charge is 2.28. The Labute approximate surface area is 118 Å². The van der Waals surface area contributed by atoms with Gasteiger partial charge in [-0.15, -0.1) is 0 Å². The van der Waals surface area contributed by atoms with E-state index in [0.717, 1.165) is 25.7 Å². The number of para-hydroxylation sites is 1. The van der Waals surface area contributed by atoms with Crippen molar-refractivity contribution in [2.24, 2.45) is 0 Å². The van der Waals surface area contributed by atoms with Crippen molar-refractivity contribution in [2.45, 2.75) is 45.1 Å². The SMILES string of the molecule is Cc1cccc(C(=O)N(C)C2CCCCC2)c1[N+](=O)[O-]. The molecule has 0 unspecified atom stereocenters. The summed E-state index contributed by atoms with van der Waals surface area (Å²) in [4.78, 5) is 24.9. The molecule has 5 nitrogen and oxygen atoms in total. The third-order valence-electron chi connectivity index (χ3n) is 4.09. The van der Waals surface area contributed by atoms with E-state index >= 15 is 0 Å². The molecule has 1 aliphatic rings. The molecule has 0 radical (unpaired) electrons. The third-order valence-corrected chi connectivity index (χ3v) is 4.09. The first-order valence-electron chi connectivity index (χ1n) is 7.03. The molecule has 108 valence electrons. The highest BCUT2D eigenvalue weighted by atomic mass is 16.6. The van der Waals surface area contributed by atoms with Crippen LogP contribution < -0.4 is 0 Å². The fourth-order valence-corrected chi connectivity index (χ4v) is 2.90. The van der Waals surface area contributed by atoms with Crippen molar-refractivity contribution in [1.82, 2.24) is 4.90 Å². The van der Waals surface area contributed by atoms with Crippen LogP contribution in [0.5, 0.6) is 0 Å². The standard InChI is InChI=1S/C15H20N2O3/c1-11-7-6-10-13(14(11)17(19)20)15(18)16(2)12-8-4-3-5-9-12/h6-7,10,12H,3-5,8-9H2,1-2H3. The van der Waals surface area contributed by atoms with E-state index in [1.807, 2.05) is 0 Å². The third kappa shape index (κ3) is 2.81. The average Bonchev–Trinajstić information content (AvgIpc) is 2.46. The van der Waals surface area contributed by atoms with Gasteiger partial charge in [-0.05, 0) is 25.8 Å². The Hall–Kier alpha value is -1.91. The van der Waals surface area contributed by atoms with Gasteiger partial charge in [0, 0.05) is 18.7 Å². The van der Waals surface area contributed by atoms with Crippen LogP contribution >= 0.6 is 0 Å². The molecule has 0 heterocycles. The first-order chi connectivity index (χ1) is 9.52. The fourth-order valence-electron chi connectivity index (χ4n) is 2.90. The van der Waals surface area contributed by atoms with Gasteiger partial charge in [0.2, 0.25) is 0 Å². The zero-order valence-electron chi connectivity index (χ0n) is 12.0. The summed E-state index contributed by atoms with van der Waals surface area (Å²) >= 11 is 0. The lowest BCUT2D eigenvalue weighted by atomic mass is 9.94. The van der Waals surface area contributed by atoms with Gasteiger partial charge in [0.05, 0.1) is 4.92 Å². The second kappa shape index (κ2) is 6.03. The maximum atomic E-state index is 12.5. The van der Waals surface area contributed by atoms with Crippen molar-refractivity contribution in [3.63, 3.8) is 0 Å². The van der Waals surface area contributed by atoms with Crippen molar-refractivity contribution in [1.29, 1.82) is 0 Å². The topological polar surface area (TPSA) is 63.5 Å². The Morgan fingerprint density at radius 2 is 1.95 bits per heavy atom. The van der Waals surface area contributed by atoms with Crippen LogP contribution in [0, 0.1) is 17.0 Å². The predicted molar refractivity (Wildman–Crippen MR) is 76.8 cm³/mol. The molecular weight excluding hydrogens is 256 g/mol. The van der Waals surface area contributed by atoms with E-state index in [2.05, 4.69) is 0 Å². The molecule has 0 N–H and O–H groups in total. The summed E-state index contributed by atoms with van der Waals surface area (Å²) < 4.78 is 0. The number of rotatable bonds is 3. The minimum atomic E-state index is -0.461. The molecule has 1 fully saturated rings. The number of amides is 1. The van der Waals surface area contributed by atoms with Crippen LogP contribution in [0.15, 0.2) is 18.2 Å². The van der Waals surface area contributed by atoms with E-state index in [9.17, 15) is 14.9 Å². The van der Waals surface area contributed by atoms with Crippen LogP contribution in [0.3, 0.4) is 0 Å². The van der Waals surface area contributed by atoms with Gasteiger partial charge in [0.1, 0.15) is 5.56 Å². The van der Waals surface area contributed by atoms with Gasteiger partial charge in [0.25, 0.3) is 11.6 Å². The minimum absolute atomic E-state index is 0.0693. The second-order valence-electron chi connectivity index (χ2n) is 5.44. The highest BCUT2D eigenvalue weighted by Crippen LogP contribution is 2.27. The Balaban J connectivity index is 2.28. The molecule has 0 aliphatic heterocycles. The van der Waals surface area contributed by atoms with Gasteiger partial charge in [-0.25, -0.2) is 0 Å². The molecule has 0 aromatic heterocycles. The summed E-state index contributed by atoms with van der Waals surface area (Å²) in [7, 11) is 1.75. The first kappa shape index (κ1) is 14.5. The summed E-state index contributed by atoms with van der Waals surface area (Å²) in [6.07, 6.45) is 5.43. The largest absolute Gasteiger partial charge is 0.339 e. The molecular formula is C15H20N2O3. The number of nitro groups is 1. The summed E-state index contributed by atoms with van der Waals surface area (Å²) in [6, 6.07) is 5.11. The number of carbonyl (C=O) groups excluding carboxylic acids is 1. The Bertz CT molecular complexity index is 522. The predicted octanol–water partition coefficient (Wildman–Crippen LogP) is 3.31. The van der Waals surface area contributed by atoms with Gasteiger partial charge in [-0.1, -0.05) is 31.4 Å². The number of carbonyl (C=O) groups is 1. The number of hydrogen-bond donors (Lipinski definition) is 0. The van der Waals surface area contributed by atoms with Crippen molar-refractivity contribution in [3.8, 4) is 0 Å². The lowest BCUT2D eigenvalue weighted by molar-refractivity contribution is -0.385. The zero-order valence-corrected chi connectivity index (χ0v) is 12.0. The zero-order chi connectivity index (χ0) is 14.7. The summed E-state index contributed by atoms with van der Waals surface area (Å²) in [5.74, 6) is -0.243. The van der Waals surface area contributed by atoms with Gasteiger partial charge in [-0.2, -0.15) is 0 Å². The number of nitro benzene ring substituents is 1. The Morgan fingerprint density at radius 3 is 2.55 bits per heavy atom. The van der Waals surface area contributed by atoms with Crippen molar-refractivity contribution < 1.29 is 9.72 Å². The number of hydrogen-bond acceptors (Lipinski definition) is 3. The Kier molecular flexibility index (Phi) is 4.37. The van der Waals surface area contributed by atoms with Crippen molar-refractivity contribution >= 4 is 11.6 Å². The van der Waals surface area contributed by atoms with E-state index < -0.39 is 4.92 Å². The number of aryl methyl sites for hydroxylation is 1. The first-order valence-corrected chi connectivity index (χ1v) is 7.03. The maximum absolute atomic E-state index is 12.5. The number of benzene rings is 1. The lowest BCUT2D eigenvalue weighted by Crippen LogP contribution is -2.38. The summed E-state index contributed by atoms with van der Waals surface area (Å²) in [5.41, 5.74) is 0.654. The molecule has 0 atom stereocenters. The number of nitrogens with zero attached hydrogens (tertiary/aromatic N) is 2. The second-order valence-corrected chi connectivity index (χ2v) is 5.44. The molecule has 0 spiro atoms. The molecule has 0 bridgehead atoms. The molecule has 1 aromatic rings. The summed E-state index contributed by atoms with van der Waals surface area (Å²) in [5, 5.41) is 11.2. The molecule has 1 aromatic carbocycles. The fraction of sp³-hybridized carbons (Fsp3) is 0.533. The van der Waals surface area contributed by atoms with Gasteiger partial charge >= 0.3 is 0 Å². The lowest BCUT2D eigenvalue weighted by Gasteiger charge is -2.31. The maximum Gasteiger partial charge on any atom is 0.285 e. The molecule has 1 amide bonds. The van der Waals surface area contributed by atoms with Gasteiger partial charge in [0.15, 0.2) is 0 Å². The highest BCUT2D eigenvalue weighted by molar-refractivity contribution is 5.98. The quantitative estimate of drug-likeness (QED) is 0.628. The van der Waals surface area contributed by atoms with E-state index in [-0.39, 0.29) is 23.2 Å². The summed E-state index contributed by atoms with van der Waals surface area (Å²) in [6.45, 7) is 1.66. The monoisotopic (exact) mass is 276 g/mol. The molecule has 2 rings (SSSR count). The van der Waals surface area contributed by atoms with Crippen LogP contribution in [0.2, 0.25) is 0 Å². The van der Waals surface area contributed by atoms with E-state index in [4.69, 9.17) is 0 Å². The molecule has 1 saturated carbocycles. The molecule has 1 aliphatic carbocycles. The smallest absolute Gasteiger partial charge is 0.285 e. The van der Waals surface area contributed by atoms with Gasteiger partial charge in [-0.3, -0.25) is 14.9 Å².